The molecule has 1 spiro atoms. The van der Waals surface area contributed by atoms with Crippen LogP contribution in [0.25, 0.3) is 0 Å². The minimum Gasteiger partial charge on any atom is -0.389 e. The summed E-state index contributed by atoms with van der Waals surface area (Å²) < 4.78 is 6.33. The number of nitrogens with zero attached hydrogens (tertiary/aromatic N) is 1. The van der Waals surface area contributed by atoms with E-state index < -0.39 is 5.60 Å². The van der Waals surface area contributed by atoms with Crippen LogP contribution in [0.15, 0.2) is 0 Å². The molecule has 2 rings (SSSR count). The SMILES string of the molecule is CCN(CC1CCC2(CCCC2)O1)CC(C)(C)O. The van der Waals surface area contributed by atoms with E-state index in [1.54, 1.807) is 0 Å². The van der Waals surface area contributed by atoms with Crippen LogP contribution in [0.2, 0.25) is 0 Å². The van der Waals surface area contributed by atoms with Crippen molar-refractivity contribution in [2.24, 2.45) is 0 Å². The van der Waals surface area contributed by atoms with Gasteiger partial charge in [-0.05, 0) is 46.1 Å². The Hall–Kier alpha value is -0.120. The first kappa shape index (κ1) is 14.3. The summed E-state index contributed by atoms with van der Waals surface area (Å²) in [4.78, 5) is 2.32. The molecule has 18 heavy (non-hydrogen) atoms. The maximum atomic E-state index is 9.92. The van der Waals surface area contributed by atoms with E-state index in [2.05, 4.69) is 11.8 Å². The Labute approximate surface area is 112 Å². The third-order valence-corrected chi connectivity index (χ3v) is 4.37. The van der Waals surface area contributed by atoms with Crippen LogP contribution < -0.4 is 0 Å². The van der Waals surface area contributed by atoms with Gasteiger partial charge >= 0.3 is 0 Å². The molecule has 1 aliphatic heterocycles. The lowest BCUT2D eigenvalue weighted by Gasteiger charge is -2.31. The Bertz CT molecular complexity index is 266. The molecule has 0 aromatic heterocycles. The second-order valence-corrected chi connectivity index (χ2v) is 6.81. The normalized spacial score (nSPS) is 27.5. The quantitative estimate of drug-likeness (QED) is 0.819. The van der Waals surface area contributed by atoms with E-state index in [-0.39, 0.29) is 5.60 Å². The van der Waals surface area contributed by atoms with Gasteiger partial charge in [0, 0.05) is 13.1 Å². The predicted molar refractivity (Wildman–Crippen MR) is 73.7 cm³/mol. The molecule has 0 amide bonds. The van der Waals surface area contributed by atoms with Crippen molar-refractivity contribution < 1.29 is 9.84 Å². The number of rotatable bonds is 5. The van der Waals surface area contributed by atoms with Crippen LogP contribution in [0, 0.1) is 0 Å². The molecule has 1 atom stereocenters. The molecular formula is C15H29NO2. The summed E-state index contributed by atoms with van der Waals surface area (Å²) in [6.45, 7) is 8.61. The summed E-state index contributed by atoms with van der Waals surface area (Å²) in [6.07, 6.45) is 8.04. The van der Waals surface area contributed by atoms with Gasteiger partial charge in [0.05, 0.1) is 17.3 Å². The van der Waals surface area contributed by atoms with Gasteiger partial charge in [-0.25, -0.2) is 0 Å². The van der Waals surface area contributed by atoms with Gasteiger partial charge in [0.2, 0.25) is 0 Å². The standard InChI is InChI=1S/C15H29NO2/c1-4-16(12-14(2,3)17)11-13-7-10-15(18-13)8-5-6-9-15/h13,17H,4-12H2,1-3H3. The average molecular weight is 255 g/mol. The summed E-state index contributed by atoms with van der Waals surface area (Å²) in [7, 11) is 0. The number of hydrogen-bond acceptors (Lipinski definition) is 3. The molecule has 0 radical (unpaired) electrons. The van der Waals surface area contributed by atoms with Crippen LogP contribution in [-0.2, 0) is 4.74 Å². The lowest BCUT2D eigenvalue weighted by atomic mass is 9.98. The topological polar surface area (TPSA) is 32.7 Å². The van der Waals surface area contributed by atoms with E-state index in [0.717, 1.165) is 19.6 Å². The fraction of sp³-hybridized carbons (Fsp3) is 1.00. The molecule has 2 aliphatic rings. The van der Waals surface area contributed by atoms with Gasteiger partial charge < -0.3 is 9.84 Å². The Balaban J connectivity index is 1.82. The van der Waals surface area contributed by atoms with E-state index in [1.807, 2.05) is 13.8 Å². The molecule has 106 valence electrons. The molecule has 1 aliphatic carbocycles. The van der Waals surface area contributed by atoms with Crippen LogP contribution in [0.4, 0.5) is 0 Å². The maximum absolute atomic E-state index is 9.92. The second-order valence-electron chi connectivity index (χ2n) is 6.81. The maximum Gasteiger partial charge on any atom is 0.0718 e. The highest BCUT2D eigenvalue weighted by Crippen LogP contribution is 2.43. The van der Waals surface area contributed by atoms with Crippen molar-refractivity contribution in [3.05, 3.63) is 0 Å². The summed E-state index contributed by atoms with van der Waals surface area (Å²) >= 11 is 0. The summed E-state index contributed by atoms with van der Waals surface area (Å²) in [5.74, 6) is 0. The zero-order chi connectivity index (χ0) is 13.2. The van der Waals surface area contributed by atoms with Gasteiger partial charge in [0.1, 0.15) is 0 Å². The summed E-state index contributed by atoms with van der Waals surface area (Å²) in [5.41, 5.74) is -0.377. The van der Waals surface area contributed by atoms with Crippen LogP contribution >= 0.6 is 0 Å². The van der Waals surface area contributed by atoms with Crippen molar-refractivity contribution in [1.29, 1.82) is 0 Å². The van der Waals surface area contributed by atoms with Gasteiger partial charge in [-0.15, -0.1) is 0 Å². The first-order valence-electron chi connectivity index (χ1n) is 7.55. The third-order valence-electron chi connectivity index (χ3n) is 4.37. The van der Waals surface area contributed by atoms with Crippen molar-refractivity contribution in [1.82, 2.24) is 4.90 Å². The monoisotopic (exact) mass is 255 g/mol. The molecule has 1 unspecified atom stereocenters. The molecule has 3 heteroatoms. The summed E-state index contributed by atoms with van der Waals surface area (Å²) in [6, 6.07) is 0. The fourth-order valence-electron chi connectivity index (χ4n) is 3.55. The van der Waals surface area contributed by atoms with Crippen molar-refractivity contribution >= 4 is 0 Å². The van der Waals surface area contributed by atoms with E-state index >= 15 is 0 Å². The Morgan fingerprint density at radius 3 is 2.50 bits per heavy atom. The van der Waals surface area contributed by atoms with Crippen molar-refractivity contribution in [2.75, 3.05) is 19.6 Å². The number of likely N-dealkylation sites (N-methyl/N-ethyl adjacent to an activating group) is 1. The Morgan fingerprint density at radius 1 is 1.28 bits per heavy atom. The number of ether oxygens (including phenoxy) is 1. The van der Waals surface area contributed by atoms with Gasteiger partial charge in [-0.3, -0.25) is 4.90 Å². The number of hydrogen-bond donors (Lipinski definition) is 1. The smallest absolute Gasteiger partial charge is 0.0718 e. The zero-order valence-corrected chi connectivity index (χ0v) is 12.2. The molecule has 0 aromatic rings. The average Bonchev–Trinajstić information content (AvgIpc) is 2.87. The van der Waals surface area contributed by atoms with Gasteiger partial charge in [0.15, 0.2) is 0 Å². The minimum atomic E-state index is -0.611. The van der Waals surface area contributed by atoms with Crippen LogP contribution in [0.3, 0.4) is 0 Å². The fourth-order valence-corrected chi connectivity index (χ4v) is 3.55. The highest BCUT2D eigenvalue weighted by atomic mass is 16.5. The Kier molecular flexibility index (Phi) is 4.35. The van der Waals surface area contributed by atoms with E-state index in [0.29, 0.717) is 6.10 Å². The first-order valence-corrected chi connectivity index (χ1v) is 7.55. The lowest BCUT2D eigenvalue weighted by molar-refractivity contribution is -0.0543. The van der Waals surface area contributed by atoms with Crippen molar-refractivity contribution in [3.63, 3.8) is 0 Å². The molecule has 1 saturated carbocycles. The van der Waals surface area contributed by atoms with Gasteiger partial charge in [-0.2, -0.15) is 0 Å². The predicted octanol–water partition coefficient (Wildman–Crippen LogP) is 2.57. The van der Waals surface area contributed by atoms with E-state index in [9.17, 15) is 5.11 Å². The van der Waals surface area contributed by atoms with Gasteiger partial charge in [-0.1, -0.05) is 19.8 Å². The van der Waals surface area contributed by atoms with Crippen LogP contribution in [-0.4, -0.2) is 46.9 Å². The van der Waals surface area contributed by atoms with E-state index in [1.165, 1.54) is 38.5 Å². The number of aliphatic hydroxyl groups is 1. The second kappa shape index (κ2) is 5.48. The highest BCUT2D eigenvalue weighted by Gasteiger charge is 2.42. The Morgan fingerprint density at radius 2 is 1.94 bits per heavy atom. The minimum absolute atomic E-state index is 0.235. The molecule has 2 fully saturated rings. The van der Waals surface area contributed by atoms with Gasteiger partial charge in [0.25, 0.3) is 0 Å². The van der Waals surface area contributed by atoms with E-state index in [4.69, 9.17) is 4.74 Å². The first-order chi connectivity index (χ1) is 8.42. The highest BCUT2D eigenvalue weighted by molar-refractivity contribution is 4.93. The molecule has 1 heterocycles. The molecule has 3 nitrogen and oxygen atoms in total. The molecule has 0 aromatic carbocycles. The van der Waals surface area contributed by atoms with Crippen LogP contribution in [0.5, 0.6) is 0 Å². The van der Waals surface area contributed by atoms with Crippen molar-refractivity contribution in [2.45, 2.75) is 76.6 Å². The largest absolute Gasteiger partial charge is 0.389 e. The van der Waals surface area contributed by atoms with Crippen LogP contribution in [0.1, 0.15) is 59.3 Å². The molecule has 0 bridgehead atoms. The summed E-state index contributed by atoms with van der Waals surface area (Å²) in [5, 5.41) is 9.92. The van der Waals surface area contributed by atoms with Crippen molar-refractivity contribution in [3.8, 4) is 0 Å². The third kappa shape index (κ3) is 3.69. The zero-order valence-electron chi connectivity index (χ0n) is 12.2. The molecule has 1 N–H and O–H groups in total. The molecule has 1 saturated heterocycles. The lowest BCUT2D eigenvalue weighted by Crippen LogP contribution is -2.42. The molecular weight excluding hydrogens is 226 g/mol.